The first-order chi connectivity index (χ1) is 13.3. The molecule has 1 aromatic carbocycles. The molecule has 0 spiro atoms. The van der Waals surface area contributed by atoms with Gasteiger partial charge in [0.25, 0.3) is 0 Å². The molecule has 0 bridgehead atoms. The van der Waals surface area contributed by atoms with Crippen molar-refractivity contribution in [3.63, 3.8) is 0 Å². The first kappa shape index (κ1) is 16.0. The summed E-state index contributed by atoms with van der Waals surface area (Å²) in [6, 6.07) is 13.0. The van der Waals surface area contributed by atoms with E-state index in [1.54, 1.807) is 6.07 Å². The molecule has 0 atom stereocenters. The molecule has 0 radical (unpaired) electrons. The maximum absolute atomic E-state index is 12.5. The van der Waals surface area contributed by atoms with Crippen molar-refractivity contribution >= 4 is 28.0 Å². The van der Waals surface area contributed by atoms with Gasteiger partial charge in [-0.3, -0.25) is 0 Å². The van der Waals surface area contributed by atoms with E-state index in [1.807, 2.05) is 36.4 Å². The SMILES string of the molecule is O=c1oc2nc(N3CCCNCC3)ccc2cc1-c1nc2ccccc2o1. The lowest BCUT2D eigenvalue weighted by atomic mass is 10.2. The Balaban J connectivity index is 1.56. The Labute approximate surface area is 154 Å². The second-order valence-corrected chi connectivity index (χ2v) is 6.59. The Morgan fingerprint density at radius 2 is 1.93 bits per heavy atom. The number of hydrogen-bond donors (Lipinski definition) is 1. The third kappa shape index (κ3) is 2.96. The van der Waals surface area contributed by atoms with Crippen LogP contribution >= 0.6 is 0 Å². The van der Waals surface area contributed by atoms with Crippen molar-refractivity contribution in [1.82, 2.24) is 15.3 Å². The van der Waals surface area contributed by atoms with E-state index in [0.29, 0.717) is 22.4 Å². The van der Waals surface area contributed by atoms with Crippen LogP contribution in [0, 0.1) is 0 Å². The summed E-state index contributed by atoms with van der Waals surface area (Å²) in [6.45, 7) is 3.73. The van der Waals surface area contributed by atoms with Crippen LogP contribution in [0.1, 0.15) is 6.42 Å². The van der Waals surface area contributed by atoms with E-state index >= 15 is 0 Å². The minimum absolute atomic E-state index is 0.259. The third-order valence-electron chi connectivity index (χ3n) is 4.77. The fraction of sp³-hybridized carbons (Fsp3) is 0.250. The summed E-state index contributed by atoms with van der Waals surface area (Å²) in [4.78, 5) is 23.7. The van der Waals surface area contributed by atoms with Crippen LogP contribution in [-0.2, 0) is 0 Å². The highest BCUT2D eigenvalue weighted by atomic mass is 16.4. The summed E-state index contributed by atoms with van der Waals surface area (Å²) in [5, 5.41) is 4.11. The minimum Gasteiger partial charge on any atom is -0.436 e. The Hall–Kier alpha value is -3.19. The van der Waals surface area contributed by atoms with Crippen LogP contribution in [0.2, 0.25) is 0 Å². The van der Waals surface area contributed by atoms with Gasteiger partial charge in [0.1, 0.15) is 16.9 Å². The fourth-order valence-corrected chi connectivity index (χ4v) is 3.38. The highest BCUT2D eigenvalue weighted by molar-refractivity contribution is 5.81. The minimum atomic E-state index is -0.503. The molecule has 0 aliphatic carbocycles. The molecular weight excluding hydrogens is 344 g/mol. The predicted octanol–water partition coefficient (Wildman–Crippen LogP) is 2.80. The molecular formula is C20H18N4O3. The van der Waals surface area contributed by atoms with Crippen LogP contribution in [0.5, 0.6) is 0 Å². The van der Waals surface area contributed by atoms with Crippen LogP contribution in [0.4, 0.5) is 5.82 Å². The van der Waals surface area contributed by atoms with Crippen molar-refractivity contribution < 1.29 is 8.83 Å². The number of nitrogens with one attached hydrogen (secondary N) is 1. The number of pyridine rings is 1. The topological polar surface area (TPSA) is 84.4 Å². The van der Waals surface area contributed by atoms with Crippen LogP contribution in [0.3, 0.4) is 0 Å². The average molecular weight is 362 g/mol. The number of aromatic nitrogens is 2. The summed E-state index contributed by atoms with van der Waals surface area (Å²) in [7, 11) is 0. The molecule has 1 fully saturated rings. The molecule has 4 aromatic rings. The Morgan fingerprint density at radius 1 is 1.00 bits per heavy atom. The number of para-hydroxylation sites is 2. The van der Waals surface area contributed by atoms with Gasteiger partial charge in [-0.25, -0.2) is 9.78 Å². The molecule has 7 heteroatoms. The van der Waals surface area contributed by atoms with Gasteiger partial charge in [0.2, 0.25) is 11.6 Å². The standard InChI is InChI=1S/C20H18N4O3/c25-20-14(19-22-15-4-1-2-5-16(15)26-19)12-13-6-7-17(23-18(13)27-20)24-10-3-8-21-9-11-24/h1-2,4-7,12,21H,3,8-11H2. The van der Waals surface area contributed by atoms with E-state index in [0.717, 1.165) is 43.8 Å². The van der Waals surface area contributed by atoms with Gasteiger partial charge in [0.15, 0.2) is 5.58 Å². The lowest BCUT2D eigenvalue weighted by molar-refractivity contribution is 0.543. The van der Waals surface area contributed by atoms with Crippen LogP contribution in [0.25, 0.3) is 33.7 Å². The molecule has 5 rings (SSSR count). The molecule has 4 heterocycles. The Morgan fingerprint density at radius 3 is 2.85 bits per heavy atom. The molecule has 1 saturated heterocycles. The first-order valence-electron chi connectivity index (χ1n) is 9.04. The Bertz CT molecular complexity index is 1140. The van der Waals surface area contributed by atoms with Crippen LogP contribution < -0.4 is 15.8 Å². The van der Waals surface area contributed by atoms with Gasteiger partial charge in [0.05, 0.1) is 0 Å². The number of benzene rings is 1. The molecule has 0 unspecified atom stereocenters. The quantitative estimate of drug-likeness (QED) is 0.587. The summed E-state index contributed by atoms with van der Waals surface area (Å²) >= 11 is 0. The summed E-state index contributed by atoms with van der Waals surface area (Å²) in [5.41, 5.74) is 1.46. The molecule has 0 amide bonds. The zero-order valence-corrected chi connectivity index (χ0v) is 14.6. The van der Waals surface area contributed by atoms with Crippen LogP contribution in [-0.4, -0.2) is 36.1 Å². The van der Waals surface area contributed by atoms with Gasteiger partial charge in [-0.15, -0.1) is 0 Å². The number of nitrogens with zero attached hydrogens (tertiary/aromatic N) is 3. The maximum atomic E-state index is 12.5. The van der Waals surface area contributed by atoms with E-state index in [2.05, 4.69) is 20.2 Å². The maximum Gasteiger partial charge on any atom is 0.350 e. The zero-order chi connectivity index (χ0) is 18.2. The van der Waals surface area contributed by atoms with Gasteiger partial charge >= 0.3 is 5.63 Å². The van der Waals surface area contributed by atoms with Crippen molar-refractivity contribution in [2.45, 2.75) is 6.42 Å². The van der Waals surface area contributed by atoms with Crippen molar-refractivity contribution in [3.05, 3.63) is 52.9 Å². The van der Waals surface area contributed by atoms with E-state index < -0.39 is 5.63 Å². The molecule has 0 saturated carbocycles. The van der Waals surface area contributed by atoms with E-state index in [4.69, 9.17) is 8.83 Å². The van der Waals surface area contributed by atoms with Gasteiger partial charge in [-0.05, 0) is 43.3 Å². The fourth-order valence-electron chi connectivity index (χ4n) is 3.38. The normalized spacial score (nSPS) is 15.3. The van der Waals surface area contributed by atoms with Crippen molar-refractivity contribution in [2.75, 3.05) is 31.1 Å². The number of hydrogen-bond acceptors (Lipinski definition) is 7. The zero-order valence-electron chi connectivity index (χ0n) is 14.6. The summed E-state index contributed by atoms with van der Waals surface area (Å²) in [5.74, 6) is 1.08. The van der Waals surface area contributed by atoms with Crippen molar-refractivity contribution in [2.24, 2.45) is 0 Å². The van der Waals surface area contributed by atoms with Crippen molar-refractivity contribution in [3.8, 4) is 11.5 Å². The second-order valence-electron chi connectivity index (χ2n) is 6.59. The highest BCUT2D eigenvalue weighted by Gasteiger charge is 2.16. The van der Waals surface area contributed by atoms with Gasteiger partial charge in [-0.2, -0.15) is 4.98 Å². The van der Waals surface area contributed by atoms with Gasteiger partial charge in [-0.1, -0.05) is 12.1 Å². The Kier molecular flexibility index (Phi) is 3.86. The lowest BCUT2D eigenvalue weighted by Crippen LogP contribution is -2.28. The summed E-state index contributed by atoms with van der Waals surface area (Å²) < 4.78 is 11.2. The smallest absolute Gasteiger partial charge is 0.350 e. The van der Waals surface area contributed by atoms with E-state index in [9.17, 15) is 4.79 Å². The average Bonchev–Trinajstić information content (AvgIpc) is 2.92. The largest absolute Gasteiger partial charge is 0.436 e. The molecule has 7 nitrogen and oxygen atoms in total. The monoisotopic (exact) mass is 362 g/mol. The van der Waals surface area contributed by atoms with E-state index in [-0.39, 0.29) is 5.89 Å². The first-order valence-corrected chi connectivity index (χ1v) is 9.04. The number of oxazole rings is 1. The molecule has 1 N–H and O–H groups in total. The lowest BCUT2D eigenvalue weighted by Gasteiger charge is -2.20. The highest BCUT2D eigenvalue weighted by Crippen LogP contribution is 2.25. The number of anilines is 1. The van der Waals surface area contributed by atoms with Gasteiger partial charge < -0.3 is 19.1 Å². The summed E-state index contributed by atoms with van der Waals surface area (Å²) in [6.07, 6.45) is 1.06. The molecule has 1 aliphatic rings. The van der Waals surface area contributed by atoms with Gasteiger partial charge in [0, 0.05) is 25.0 Å². The predicted molar refractivity (Wildman–Crippen MR) is 103 cm³/mol. The third-order valence-corrected chi connectivity index (χ3v) is 4.77. The molecule has 3 aromatic heterocycles. The number of rotatable bonds is 2. The van der Waals surface area contributed by atoms with Crippen LogP contribution in [0.15, 0.2) is 56.1 Å². The number of fused-ring (bicyclic) bond motifs is 2. The molecule has 1 aliphatic heterocycles. The molecule has 136 valence electrons. The second kappa shape index (κ2) is 6.51. The molecule has 27 heavy (non-hydrogen) atoms. The van der Waals surface area contributed by atoms with Crippen molar-refractivity contribution in [1.29, 1.82) is 0 Å². The van der Waals surface area contributed by atoms with E-state index in [1.165, 1.54) is 0 Å².